The zero-order valence-electron chi connectivity index (χ0n) is 15.3. The first-order valence-electron chi connectivity index (χ1n) is 8.38. The summed E-state index contributed by atoms with van der Waals surface area (Å²) in [6, 6.07) is 6.89. The van der Waals surface area contributed by atoms with Gasteiger partial charge in [0.1, 0.15) is 12.3 Å². The van der Waals surface area contributed by atoms with Gasteiger partial charge in [0.2, 0.25) is 15.9 Å². The summed E-state index contributed by atoms with van der Waals surface area (Å²) in [5.41, 5.74) is -0.355. The Balaban J connectivity index is 1.88. The predicted molar refractivity (Wildman–Crippen MR) is 98.9 cm³/mol. The molecule has 8 nitrogen and oxygen atoms in total. The number of benzene rings is 1. The highest BCUT2D eigenvalue weighted by Crippen LogP contribution is 2.28. The van der Waals surface area contributed by atoms with Gasteiger partial charge in [-0.05, 0) is 30.2 Å². The smallest absolute Gasteiger partial charge is 0.433 e. The molecule has 0 unspecified atom stereocenters. The quantitative estimate of drug-likeness (QED) is 0.580. The number of sulfonamides is 1. The number of primary sulfonamides is 1. The Morgan fingerprint density at radius 2 is 1.97 bits per heavy atom. The number of nitrogens with one attached hydrogen (secondary N) is 2. The molecular weight excluding hydrogens is 413 g/mol. The van der Waals surface area contributed by atoms with Gasteiger partial charge in [-0.15, -0.1) is 0 Å². The zero-order chi connectivity index (χ0) is 21.7. The Morgan fingerprint density at radius 1 is 1.24 bits per heavy atom. The maximum Gasteiger partial charge on any atom is 0.433 e. The number of alkyl halides is 3. The van der Waals surface area contributed by atoms with Gasteiger partial charge in [-0.3, -0.25) is 0 Å². The molecular formula is C17H19F3N4O4S. The number of carbonyl (C=O) groups is 1. The number of halogens is 3. The number of aryl methyl sites for hydroxylation is 1. The van der Waals surface area contributed by atoms with Crippen LogP contribution in [0.15, 0.2) is 41.3 Å². The van der Waals surface area contributed by atoms with Crippen LogP contribution in [0.3, 0.4) is 0 Å². The molecule has 1 aromatic heterocycles. The lowest BCUT2D eigenvalue weighted by molar-refractivity contribution is -0.141. The van der Waals surface area contributed by atoms with E-state index >= 15 is 0 Å². The average Bonchev–Trinajstić information content (AvgIpc) is 2.64. The molecule has 0 radical (unpaired) electrons. The van der Waals surface area contributed by atoms with Gasteiger partial charge in [-0.1, -0.05) is 19.1 Å². The van der Waals surface area contributed by atoms with Crippen molar-refractivity contribution in [1.82, 2.24) is 10.3 Å². The van der Waals surface area contributed by atoms with E-state index in [0.29, 0.717) is 12.0 Å². The number of pyridine rings is 1. The molecule has 1 heterocycles. The summed E-state index contributed by atoms with van der Waals surface area (Å²) in [6.07, 6.45) is -4.14. The first kappa shape index (κ1) is 22.4. The van der Waals surface area contributed by atoms with Crippen LogP contribution in [0.4, 0.5) is 23.7 Å². The second-order valence-electron chi connectivity index (χ2n) is 5.81. The van der Waals surface area contributed by atoms with E-state index in [2.05, 4.69) is 15.6 Å². The minimum Gasteiger partial charge on any atom is -0.476 e. The number of nitrogens with zero attached hydrogens (tertiary/aromatic N) is 1. The van der Waals surface area contributed by atoms with Crippen LogP contribution in [-0.2, 0) is 22.6 Å². The molecule has 0 saturated carbocycles. The highest BCUT2D eigenvalue weighted by atomic mass is 32.2. The van der Waals surface area contributed by atoms with Gasteiger partial charge in [0.25, 0.3) is 0 Å². The fourth-order valence-corrected chi connectivity index (χ4v) is 3.21. The lowest BCUT2D eigenvalue weighted by atomic mass is 10.1. The van der Waals surface area contributed by atoms with Crippen LogP contribution in [0.1, 0.15) is 18.2 Å². The van der Waals surface area contributed by atoms with Gasteiger partial charge in [0, 0.05) is 11.8 Å². The monoisotopic (exact) mass is 432 g/mol. The maximum atomic E-state index is 12.6. The highest BCUT2D eigenvalue weighted by molar-refractivity contribution is 7.89. The number of nitrogens with two attached hydrogens (primary N) is 1. The molecule has 4 N–H and O–H groups in total. The van der Waals surface area contributed by atoms with Crippen molar-refractivity contribution in [3.8, 4) is 5.88 Å². The number of hydrogen-bond donors (Lipinski definition) is 3. The Bertz CT molecular complexity index is 981. The third kappa shape index (κ3) is 6.61. The average molecular weight is 432 g/mol. The summed E-state index contributed by atoms with van der Waals surface area (Å²) >= 11 is 0. The molecule has 0 atom stereocenters. The molecule has 1 aromatic carbocycles. The Hall–Kier alpha value is -2.86. The van der Waals surface area contributed by atoms with Crippen LogP contribution in [0, 0.1) is 0 Å². The standard InChI is InChI=1S/C17H19F3N4O4S/c1-2-11-6-7-12(10-13(11)29(21,26)27)23-16(25)22-8-9-28-15-5-3-4-14(24-15)17(18,19)20/h3-7,10H,2,8-9H2,1H3,(H2,21,26,27)(H2,22,23,25). The number of anilines is 1. The Morgan fingerprint density at radius 3 is 2.59 bits per heavy atom. The normalized spacial score (nSPS) is 11.8. The van der Waals surface area contributed by atoms with E-state index in [4.69, 9.17) is 9.88 Å². The van der Waals surface area contributed by atoms with Gasteiger partial charge >= 0.3 is 12.2 Å². The topological polar surface area (TPSA) is 123 Å². The van der Waals surface area contributed by atoms with Crippen molar-refractivity contribution in [3.05, 3.63) is 47.7 Å². The van der Waals surface area contributed by atoms with Crippen molar-refractivity contribution < 1.29 is 31.1 Å². The van der Waals surface area contributed by atoms with E-state index < -0.39 is 27.9 Å². The molecule has 0 saturated heterocycles. The van der Waals surface area contributed by atoms with Gasteiger partial charge in [0.15, 0.2) is 0 Å². The molecule has 158 valence electrons. The molecule has 12 heteroatoms. The number of carbonyl (C=O) groups excluding carboxylic acids is 1. The van der Waals surface area contributed by atoms with Crippen molar-refractivity contribution in [1.29, 1.82) is 0 Å². The predicted octanol–water partition coefficient (Wildman–Crippen LogP) is 2.51. The molecule has 0 aliphatic rings. The first-order valence-corrected chi connectivity index (χ1v) is 9.93. The summed E-state index contributed by atoms with van der Waals surface area (Å²) in [6.45, 7) is 1.61. The molecule has 0 bridgehead atoms. The van der Waals surface area contributed by atoms with Crippen LogP contribution < -0.4 is 20.5 Å². The Kier molecular flexibility index (Phi) is 7.03. The number of aromatic nitrogens is 1. The summed E-state index contributed by atoms with van der Waals surface area (Å²) < 4.78 is 66.1. The number of amides is 2. The van der Waals surface area contributed by atoms with Gasteiger partial charge in [-0.25, -0.2) is 23.3 Å². The molecule has 2 aromatic rings. The SMILES string of the molecule is CCc1ccc(NC(=O)NCCOc2cccc(C(F)(F)F)n2)cc1S(N)(=O)=O. The van der Waals surface area contributed by atoms with E-state index in [1.807, 2.05) is 0 Å². The largest absolute Gasteiger partial charge is 0.476 e. The highest BCUT2D eigenvalue weighted by Gasteiger charge is 2.32. The van der Waals surface area contributed by atoms with Crippen molar-refractivity contribution in [3.63, 3.8) is 0 Å². The summed E-state index contributed by atoms with van der Waals surface area (Å²) in [5, 5.41) is 10.0. The van der Waals surface area contributed by atoms with Gasteiger partial charge in [0.05, 0.1) is 11.4 Å². The minimum absolute atomic E-state index is 0.0289. The second kappa shape index (κ2) is 9.09. The molecule has 0 fully saturated rings. The number of ether oxygens (including phenoxy) is 1. The van der Waals surface area contributed by atoms with Crippen molar-refractivity contribution in [2.24, 2.45) is 5.14 Å². The van der Waals surface area contributed by atoms with E-state index in [-0.39, 0.29) is 29.6 Å². The van der Waals surface area contributed by atoms with E-state index in [0.717, 1.165) is 12.1 Å². The molecule has 0 aliphatic heterocycles. The van der Waals surface area contributed by atoms with Crippen molar-refractivity contribution in [2.75, 3.05) is 18.5 Å². The summed E-state index contributed by atoms with van der Waals surface area (Å²) in [5.74, 6) is -0.227. The maximum absolute atomic E-state index is 12.6. The summed E-state index contributed by atoms with van der Waals surface area (Å²) in [4.78, 5) is 15.1. The molecule has 0 aliphatic carbocycles. The van der Waals surface area contributed by atoms with Gasteiger partial charge < -0.3 is 15.4 Å². The molecule has 0 spiro atoms. The molecule has 29 heavy (non-hydrogen) atoms. The molecule has 2 rings (SSSR count). The van der Waals surface area contributed by atoms with Gasteiger partial charge in [-0.2, -0.15) is 13.2 Å². The van der Waals surface area contributed by atoms with Crippen molar-refractivity contribution in [2.45, 2.75) is 24.4 Å². The van der Waals surface area contributed by atoms with Crippen LogP contribution in [0.5, 0.6) is 5.88 Å². The van der Waals surface area contributed by atoms with Crippen LogP contribution in [0.2, 0.25) is 0 Å². The van der Waals surface area contributed by atoms with Crippen LogP contribution >= 0.6 is 0 Å². The van der Waals surface area contributed by atoms with Crippen LogP contribution in [-0.4, -0.2) is 32.6 Å². The lowest BCUT2D eigenvalue weighted by Gasteiger charge is -2.12. The minimum atomic E-state index is -4.58. The lowest BCUT2D eigenvalue weighted by Crippen LogP contribution is -2.32. The van der Waals surface area contributed by atoms with E-state index in [1.165, 1.54) is 24.3 Å². The van der Waals surface area contributed by atoms with E-state index in [9.17, 15) is 26.4 Å². The third-order valence-corrected chi connectivity index (χ3v) is 4.66. The second-order valence-corrected chi connectivity index (χ2v) is 7.34. The van der Waals surface area contributed by atoms with Crippen LogP contribution in [0.25, 0.3) is 0 Å². The fourth-order valence-electron chi connectivity index (χ4n) is 2.34. The Labute approximate surface area is 165 Å². The molecule has 2 amide bonds. The fraction of sp³-hybridized carbons (Fsp3) is 0.294. The number of urea groups is 1. The first-order chi connectivity index (χ1) is 13.5. The van der Waals surface area contributed by atoms with E-state index in [1.54, 1.807) is 6.92 Å². The van der Waals surface area contributed by atoms with Crippen molar-refractivity contribution >= 4 is 21.7 Å². The third-order valence-electron chi connectivity index (χ3n) is 3.66. The number of rotatable bonds is 7. The summed E-state index contributed by atoms with van der Waals surface area (Å²) in [7, 11) is -3.95. The number of hydrogen-bond acceptors (Lipinski definition) is 5. The zero-order valence-corrected chi connectivity index (χ0v) is 16.1.